The van der Waals surface area contributed by atoms with Gasteiger partial charge in [0.1, 0.15) is 5.38 Å². The zero-order valence-corrected chi connectivity index (χ0v) is 9.26. The van der Waals surface area contributed by atoms with Crippen LogP contribution >= 0.6 is 11.6 Å². The molecule has 80 valence electrons. The lowest BCUT2D eigenvalue weighted by Crippen LogP contribution is -2.52. The van der Waals surface area contributed by atoms with Gasteiger partial charge in [-0.05, 0) is 32.7 Å². The Morgan fingerprint density at radius 3 is 3.07 bits per heavy atom. The van der Waals surface area contributed by atoms with Crippen molar-refractivity contribution in [2.24, 2.45) is 0 Å². The first-order valence-corrected chi connectivity index (χ1v) is 5.81. The Bertz CT molecular complexity index is 232. The highest BCUT2D eigenvalue weighted by atomic mass is 35.5. The summed E-state index contributed by atoms with van der Waals surface area (Å²) >= 11 is 5.84. The molecule has 4 heteroatoms. The number of piperidine rings is 1. The van der Waals surface area contributed by atoms with Crippen LogP contribution in [-0.4, -0.2) is 41.4 Å². The number of carbonyl (C=O) groups excluding carboxylic acids is 1. The molecule has 0 saturated carbocycles. The highest BCUT2D eigenvalue weighted by Crippen LogP contribution is 2.25. The van der Waals surface area contributed by atoms with Gasteiger partial charge in [-0.3, -0.25) is 4.79 Å². The van der Waals surface area contributed by atoms with E-state index in [1.807, 2.05) is 4.90 Å². The second-order valence-electron chi connectivity index (χ2n) is 4.21. The lowest BCUT2D eigenvalue weighted by atomic mass is 9.97. The molecule has 2 aliphatic rings. The number of amides is 1. The Labute approximate surface area is 89.8 Å². The van der Waals surface area contributed by atoms with E-state index in [1.54, 1.807) is 6.92 Å². The van der Waals surface area contributed by atoms with E-state index in [0.29, 0.717) is 12.1 Å². The van der Waals surface area contributed by atoms with Crippen LogP contribution in [0, 0.1) is 0 Å². The van der Waals surface area contributed by atoms with Gasteiger partial charge in [-0.1, -0.05) is 0 Å². The number of alkyl halides is 1. The van der Waals surface area contributed by atoms with Crippen LogP contribution in [0.25, 0.3) is 0 Å². The van der Waals surface area contributed by atoms with Crippen LogP contribution in [0.1, 0.15) is 26.2 Å². The van der Waals surface area contributed by atoms with Crippen LogP contribution in [0.2, 0.25) is 0 Å². The average Bonchev–Trinajstić information content (AvgIpc) is 2.63. The fraction of sp³-hybridized carbons (Fsp3) is 0.900. The van der Waals surface area contributed by atoms with Gasteiger partial charge in [0, 0.05) is 18.6 Å². The maximum absolute atomic E-state index is 11.8. The summed E-state index contributed by atoms with van der Waals surface area (Å²) in [5.74, 6) is 0.102. The first-order valence-electron chi connectivity index (χ1n) is 5.38. The number of halogens is 1. The van der Waals surface area contributed by atoms with Crippen molar-refractivity contribution in [3.05, 3.63) is 0 Å². The number of fused-ring (bicyclic) bond motifs is 1. The molecule has 0 aromatic rings. The van der Waals surface area contributed by atoms with Gasteiger partial charge in [-0.15, -0.1) is 11.6 Å². The van der Waals surface area contributed by atoms with Gasteiger partial charge in [-0.2, -0.15) is 0 Å². The summed E-state index contributed by atoms with van der Waals surface area (Å²) in [5.41, 5.74) is 0. The number of likely N-dealkylation sites (tertiary alicyclic amines) is 1. The number of nitrogens with one attached hydrogen (secondary N) is 1. The molecule has 0 aromatic carbocycles. The summed E-state index contributed by atoms with van der Waals surface area (Å²) < 4.78 is 0. The molecule has 0 aliphatic carbocycles. The van der Waals surface area contributed by atoms with Crippen molar-refractivity contribution in [2.45, 2.75) is 43.6 Å². The van der Waals surface area contributed by atoms with E-state index in [9.17, 15) is 4.79 Å². The van der Waals surface area contributed by atoms with Gasteiger partial charge in [-0.25, -0.2) is 0 Å². The van der Waals surface area contributed by atoms with Crippen molar-refractivity contribution >= 4 is 17.5 Å². The van der Waals surface area contributed by atoms with Crippen molar-refractivity contribution < 1.29 is 4.79 Å². The molecule has 2 fully saturated rings. The highest BCUT2D eigenvalue weighted by molar-refractivity contribution is 6.30. The predicted octanol–water partition coefficient (Wildman–Crippen LogP) is 0.967. The van der Waals surface area contributed by atoms with Crippen molar-refractivity contribution in [1.82, 2.24) is 10.2 Å². The minimum absolute atomic E-state index is 0.102. The lowest BCUT2D eigenvalue weighted by molar-refractivity contribution is -0.134. The zero-order valence-electron chi connectivity index (χ0n) is 8.50. The lowest BCUT2D eigenvalue weighted by Gasteiger charge is -2.38. The molecule has 0 spiro atoms. The Balaban J connectivity index is 2.06. The molecule has 1 amide bonds. The largest absolute Gasteiger partial charge is 0.337 e. The SMILES string of the molecule is CC(Cl)C(=O)N1CCCC2NCCC21. The van der Waals surface area contributed by atoms with Gasteiger partial charge in [0.2, 0.25) is 5.91 Å². The second kappa shape index (κ2) is 4.07. The number of hydrogen-bond acceptors (Lipinski definition) is 2. The molecule has 2 heterocycles. The molecule has 2 saturated heterocycles. The standard InChI is InChI=1S/C10H17ClN2O/c1-7(11)10(14)13-6-2-3-8-9(13)4-5-12-8/h7-9,12H,2-6H2,1H3. The van der Waals surface area contributed by atoms with E-state index >= 15 is 0 Å². The van der Waals surface area contributed by atoms with Gasteiger partial charge in [0.25, 0.3) is 0 Å². The number of nitrogens with zero attached hydrogens (tertiary/aromatic N) is 1. The Hall–Kier alpha value is -0.280. The number of rotatable bonds is 1. The smallest absolute Gasteiger partial charge is 0.240 e. The molecule has 1 N–H and O–H groups in total. The van der Waals surface area contributed by atoms with Crippen LogP contribution in [0.3, 0.4) is 0 Å². The Kier molecular flexibility index (Phi) is 2.98. The summed E-state index contributed by atoms with van der Waals surface area (Å²) in [6.07, 6.45) is 3.38. The number of hydrogen-bond donors (Lipinski definition) is 1. The Morgan fingerprint density at radius 2 is 2.36 bits per heavy atom. The van der Waals surface area contributed by atoms with Crippen molar-refractivity contribution in [1.29, 1.82) is 0 Å². The molecule has 3 nitrogen and oxygen atoms in total. The molecule has 14 heavy (non-hydrogen) atoms. The van der Waals surface area contributed by atoms with Gasteiger partial charge >= 0.3 is 0 Å². The number of carbonyl (C=O) groups is 1. The van der Waals surface area contributed by atoms with E-state index < -0.39 is 0 Å². The van der Waals surface area contributed by atoms with Gasteiger partial charge in [0.15, 0.2) is 0 Å². The topological polar surface area (TPSA) is 32.3 Å². The summed E-state index contributed by atoms with van der Waals surface area (Å²) in [6.45, 7) is 3.68. The minimum Gasteiger partial charge on any atom is -0.337 e. The monoisotopic (exact) mass is 216 g/mol. The third kappa shape index (κ3) is 1.75. The fourth-order valence-corrected chi connectivity index (χ4v) is 2.70. The zero-order chi connectivity index (χ0) is 10.1. The third-order valence-corrected chi connectivity index (χ3v) is 3.44. The van der Waals surface area contributed by atoms with Crippen molar-refractivity contribution in [3.63, 3.8) is 0 Å². The third-order valence-electron chi connectivity index (χ3n) is 3.25. The quantitative estimate of drug-likeness (QED) is 0.663. The molecular weight excluding hydrogens is 200 g/mol. The maximum Gasteiger partial charge on any atom is 0.240 e. The van der Waals surface area contributed by atoms with E-state index in [-0.39, 0.29) is 11.3 Å². The van der Waals surface area contributed by atoms with E-state index in [2.05, 4.69) is 5.32 Å². The Morgan fingerprint density at radius 1 is 1.57 bits per heavy atom. The summed E-state index contributed by atoms with van der Waals surface area (Å²) in [4.78, 5) is 13.8. The minimum atomic E-state index is -0.380. The summed E-state index contributed by atoms with van der Waals surface area (Å²) in [7, 11) is 0. The summed E-state index contributed by atoms with van der Waals surface area (Å²) in [5, 5.41) is 3.07. The van der Waals surface area contributed by atoms with E-state index in [0.717, 1.165) is 25.9 Å². The second-order valence-corrected chi connectivity index (χ2v) is 4.86. The van der Waals surface area contributed by atoms with Crippen LogP contribution in [0.5, 0.6) is 0 Å². The van der Waals surface area contributed by atoms with Crippen LogP contribution in [-0.2, 0) is 4.79 Å². The first kappa shape index (κ1) is 10.2. The normalized spacial score (nSPS) is 34.0. The van der Waals surface area contributed by atoms with Crippen LogP contribution in [0.15, 0.2) is 0 Å². The van der Waals surface area contributed by atoms with Crippen LogP contribution in [0.4, 0.5) is 0 Å². The van der Waals surface area contributed by atoms with E-state index in [4.69, 9.17) is 11.6 Å². The van der Waals surface area contributed by atoms with Crippen LogP contribution < -0.4 is 5.32 Å². The molecule has 3 unspecified atom stereocenters. The molecule has 2 aliphatic heterocycles. The molecule has 2 rings (SSSR count). The molecule has 0 aromatic heterocycles. The fourth-order valence-electron chi connectivity index (χ4n) is 2.57. The average molecular weight is 217 g/mol. The van der Waals surface area contributed by atoms with Crippen molar-refractivity contribution in [2.75, 3.05) is 13.1 Å². The predicted molar refractivity (Wildman–Crippen MR) is 56.5 cm³/mol. The van der Waals surface area contributed by atoms with Gasteiger partial charge in [0.05, 0.1) is 0 Å². The van der Waals surface area contributed by atoms with Gasteiger partial charge < -0.3 is 10.2 Å². The molecule has 0 radical (unpaired) electrons. The van der Waals surface area contributed by atoms with E-state index in [1.165, 1.54) is 6.42 Å². The highest BCUT2D eigenvalue weighted by Gasteiger charge is 2.37. The molecule has 0 bridgehead atoms. The maximum atomic E-state index is 11.8. The summed E-state index contributed by atoms with van der Waals surface area (Å²) in [6, 6.07) is 0.917. The first-order chi connectivity index (χ1) is 6.70. The molecular formula is C10H17ClN2O. The molecule has 3 atom stereocenters. The van der Waals surface area contributed by atoms with Crippen molar-refractivity contribution in [3.8, 4) is 0 Å².